The van der Waals surface area contributed by atoms with Gasteiger partial charge in [-0.3, -0.25) is 9.35 Å². The fourth-order valence-electron chi connectivity index (χ4n) is 3.51. The minimum absolute atomic E-state index is 0.163. The first-order valence-corrected chi connectivity index (χ1v) is 13.8. The lowest BCUT2D eigenvalue weighted by molar-refractivity contribution is 0.0951. The molecule has 180 valence electrons. The van der Waals surface area contributed by atoms with Crippen LogP contribution in [0.1, 0.15) is 27.2 Å². The molecule has 3 aromatic carbocycles. The van der Waals surface area contributed by atoms with Gasteiger partial charge in [0.15, 0.2) is 5.82 Å². The van der Waals surface area contributed by atoms with Gasteiger partial charge >= 0.3 is 0 Å². The maximum atomic E-state index is 13.2. The van der Waals surface area contributed by atoms with Gasteiger partial charge in [-0.2, -0.15) is 8.75 Å². The van der Waals surface area contributed by atoms with E-state index in [0.717, 1.165) is 32.1 Å². The Morgan fingerprint density at radius 2 is 1.86 bits per heavy atom. The summed E-state index contributed by atoms with van der Waals surface area (Å²) in [5, 5.41) is 3.22. The van der Waals surface area contributed by atoms with Crippen LogP contribution in [0.3, 0.4) is 0 Å². The van der Waals surface area contributed by atoms with Gasteiger partial charge in [0.2, 0.25) is 0 Å². The number of carbonyl (C=O) groups is 1. The lowest BCUT2D eigenvalue weighted by Gasteiger charge is -2.21. The van der Waals surface area contributed by atoms with Crippen molar-refractivity contribution in [3.8, 4) is 0 Å². The second kappa shape index (κ2) is 11.8. The summed E-state index contributed by atoms with van der Waals surface area (Å²) >= 11 is 6.23. The van der Waals surface area contributed by atoms with Gasteiger partial charge in [-0.05, 0) is 41.6 Å². The predicted molar refractivity (Wildman–Crippen MR) is 143 cm³/mol. The SMILES string of the molecule is CSc1ccccc1CNC(=O)c1ccc(Cl)cc1N(c1nsnc1Cc1ccccc1)S(=O)O. The molecule has 0 bridgehead atoms. The first kappa shape index (κ1) is 25.3. The molecule has 35 heavy (non-hydrogen) atoms. The number of anilines is 2. The number of halogens is 1. The predicted octanol–water partition coefficient (Wildman–Crippen LogP) is 5.71. The fraction of sp³-hybridized carbons (Fsp3) is 0.125. The molecule has 1 amide bonds. The lowest BCUT2D eigenvalue weighted by Crippen LogP contribution is -2.28. The first-order chi connectivity index (χ1) is 17.0. The zero-order valence-electron chi connectivity index (χ0n) is 18.6. The second-order valence-corrected chi connectivity index (χ2v) is 10.0. The Balaban J connectivity index is 1.67. The van der Waals surface area contributed by atoms with Gasteiger partial charge in [-0.15, -0.1) is 11.8 Å². The molecule has 4 rings (SSSR count). The fourth-order valence-corrected chi connectivity index (χ4v) is 5.51. The minimum Gasteiger partial charge on any atom is -0.348 e. The molecule has 7 nitrogen and oxygen atoms in total. The van der Waals surface area contributed by atoms with Gasteiger partial charge in [-0.1, -0.05) is 60.1 Å². The molecule has 0 aliphatic heterocycles. The van der Waals surface area contributed by atoms with Crippen LogP contribution in [0.25, 0.3) is 0 Å². The van der Waals surface area contributed by atoms with E-state index in [1.807, 2.05) is 60.9 Å². The summed E-state index contributed by atoms with van der Waals surface area (Å²) < 4.78 is 32.5. The normalized spacial score (nSPS) is 11.7. The summed E-state index contributed by atoms with van der Waals surface area (Å²) in [6, 6.07) is 22.0. The van der Waals surface area contributed by atoms with Crippen LogP contribution in [0.5, 0.6) is 0 Å². The molecule has 0 saturated carbocycles. The van der Waals surface area contributed by atoms with Crippen molar-refractivity contribution in [1.29, 1.82) is 0 Å². The van der Waals surface area contributed by atoms with Crippen LogP contribution in [0.2, 0.25) is 5.02 Å². The van der Waals surface area contributed by atoms with Crippen molar-refractivity contribution in [1.82, 2.24) is 14.1 Å². The van der Waals surface area contributed by atoms with Gasteiger partial charge < -0.3 is 5.32 Å². The van der Waals surface area contributed by atoms with Crippen molar-refractivity contribution in [3.05, 3.63) is 100 Å². The molecule has 0 aliphatic carbocycles. The van der Waals surface area contributed by atoms with Crippen molar-refractivity contribution in [2.75, 3.05) is 10.6 Å². The highest BCUT2D eigenvalue weighted by Gasteiger charge is 2.27. The third-order valence-electron chi connectivity index (χ3n) is 5.15. The largest absolute Gasteiger partial charge is 0.348 e. The molecular formula is C24H21ClN4O3S3. The van der Waals surface area contributed by atoms with E-state index >= 15 is 0 Å². The van der Waals surface area contributed by atoms with E-state index in [1.165, 1.54) is 12.1 Å². The summed E-state index contributed by atoms with van der Waals surface area (Å²) in [6.45, 7) is 0.303. The standard InChI is InChI=1S/C24H21ClN4O3S3/c1-33-22-10-6-5-9-17(22)15-26-24(30)19-12-11-18(25)14-21(19)29(35(31)32)23-20(27-34-28-23)13-16-7-3-2-4-8-16/h2-12,14H,13,15H2,1H3,(H,26,30)(H,31,32). The third kappa shape index (κ3) is 6.09. The molecule has 11 heteroatoms. The minimum atomic E-state index is -2.54. The molecule has 4 aromatic rings. The zero-order valence-corrected chi connectivity index (χ0v) is 21.8. The number of carbonyl (C=O) groups excluding carboxylic acids is 1. The average molecular weight is 545 g/mol. The quantitative estimate of drug-likeness (QED) is 0.207. The second-order valence-electron chi connectivity index (χ2n) is 7.38. The Bertz CT molecular complexity index is 1350. The Morgan fingerprint density at radius 3 is 2.60 bits per heavy atom. The van der Waals surface area contributed by atoms with Gasteiger partial charge in [0.05, 0.1) is 23.0 Å². The van der Waals surface area contributed by atoms with Crippen molar-refractivity contribution in [3.63, 3.8) is 0 Å². The van der Waals surface area contributed by atoms with Gasteiger partial charge in [0, 0.05) is 22.9 Å². The van der Waals surface area contributed by atoms with E-state index in [2.05, 4.69) is 14.1 Å². The van der Waals surface area contributed by atoms with Crippen molar-refractivity contribution < 1.29 is 13.6 Å². The van der Waals surface area contributed by atoms with E-state index in [0.29, 0.717) is 23.7 Å². The number of nitrogens with zero attached hydrogens (tertiary/aromatic N) is 3. The van der Waals surface area contributed by atoms with Crippen LogP contribution >= 0.6 is 35.1 Å². The maximum absolute atomic E-state index is 13.2. The Labute approximate surface area is 219 Å². The van der Waals surface area contributed by atoms with E-state index in [9.17, 15) is 13.6 Å². The van der Waals surface area contributed by atoms with Crippen molar-refractivity contribution in [2.45, 2.75) is 17.9 Å². The summed E-state index contributed by atoms with van der Waals surface area (Å²) in [6.07, 6.45) is 2.38. The van der Waals surface area contributed by atoms with Crippen molar-refractivity contribution in [2.24, 2.45) is 0 Å². The van der Waals surface area contributed by atoms with Crippen LogP contribution in [0, 0.1) is 0 Å². The van der Waals surface area contributed by atoms with Crippen LogP contribution in [0.4, 0.5) is 11.5 Å². The molecular weight excluding hydrogens is 524 g/mol. The third-order valence-corrected chi connectivity index (χ3v) is 7.47. The monoisotopic (exact) mass is 544 g/mol. The van der Waals surface area contributed by atoms with E-state index in [-0.39, 0.29) is 17.1 Å². The zero-order chi connectivity index (χ0) is 24.8. The van der Waals surface area contributed by atoms with E-state index in [1.54, 1.807) is 17.8 Å². The molecule has 0 aliphatic rings. The number of hydrogen-bond acceptors (Lipinski definition) is 6. The molecule has 0 fully saturated rings. The smallest absolute Gasteiger partial charge is 0.268 e. The van der Waals surface area contributed by atoms with Crippen molar-refractivity contribution >= 4 is 63.8 Å². The lowest BCUT2D eigenvalue weighted by atomic mass is 10.1. The van der Waals surface area contributed by atoms with Gasteiger partial charge in [-0.25, -0.2) is 8.51 Å². The molecule has 1 atom stereocenters. The molecule has 0 radical (unpaired) electrons. The topological polar surface area (TPSA) is 95.4 Å². The number of thioether (sulfide) groups is 1. The number of nitrogens with one attached hydrogen (secondary N) is 1. The summed E-state index contributed by atoms with van der Waals surface area (Å²) in [5.41, 5.74) is 2.82. The number of amides is 1. The number of aromatic nitrogens is 2. The Morgan fingerprint density at radius 1 is 1.11 bits per heavy atom. The highest BCUT2D eigenvalue weighted by atomic mass is 35.5. The number of benzene rings is 3. The summed E-state index contributed by atoms with van der Waals surface area (Å²) in [5.74, 6) is -0.209. The molecule has 1 unspecified atom stereocenters. The summed E-state index contributed by atoms with van der Waals surface area (Å²) in [7, 11) is 0. The van der Waals surface area contributed by atoms with Crippen LogP contribution in [-0.2, 0) is 24.2 Å². The molecule has 2 N–H and O–H groups in total. The molecule has 0 spiro atoms. The molecule has 1 aromatic heterocycles. The molecule has 1 heterocycles. The molecule has 0 saturated heterocycles. The summed E-state index contributed by atoms with van der Waals surface area (Å²) in [4.78, 5) is 14.3. The highest BCUT2D eigenvalue weighted by Crippen LogP contribution is 2.34. The Hall–Kier alpha value is -2.76. The Kier molecular flexibility index (Phi) is 8.53. The van der Waals surface area contributed by atoms with E-state index < -0.39 is 17.2 Å². The average Bonchev–Trinajstić information content (AvgIpc) is 3.30. The van der Waals surface area contributed by atoms with Gasteiger partial charge in [0.25, 0.3) is 17.2 Å². The number of rotatable bonds is 9. The first-order valence-electron chi connectivity index (χ1n) is 10.4. The van der Waals surface area contributed by atoms with Gasteiger partial charge in [0.1, 0.15) is 5.69 Å². The maximum Gasteiger partial charge on any atom is 0.268 e. The van der Waals surface area contributed by atoms with Crippen LogP contribution < -0.4 is 9.62 Å². The van der Waals surface area contributed by atoms with Crippen LogP contribution in [-0.4, -0.2) is 29.7 Å². The highest BCUT2D eigenvalue weighted by molar-refractivity contribution is 7.98. The van der Waals surface area contributed by atoms with Crippen LogP contribution in [0.15, 0.2) is 77.7 Å². The number of hydrogen-bond donors (Lipinski definition) is 2. The van der Waals surface area contributed by atoms with E-state index in [4.69, 9.17) is 11.6 Å².